The molecule has 1 aromatic heterocycles. The summed E-state index contributed by atoms with van der Waals surface area (Å²) in [5.41, 5.74) is 1.47. The van der Waals surface area contributed by atoms with Gasteiger partial charge in [0.05, 0.1) is 24.5 Å². The Morgan fingerprint density at radius 1 is 1.10 bits per heavy atom. The van der Waals surface area contributed by atoms with Gasteiger partial charge in [-0.05, 0) is 63.2 Å². The van der Waals surface area contributed by atoms with E-state index in [1.165, 1.54) is 12.1 Å². The molecule has 11 heteroatoms. The quantitative estimate of drug-likeness (QED) is 0.404. The number of hydrogen-bond donors (Lipinski definition) is 2. The number of halogens is 2. The lowest BCUT2D eigenvalue weighted by atomic mass is 10.1. The summed E-state index contributed by atoms with van der Waals surface area (Å²) in [6, 6.07) is 4.67. The average Bonchev–Trinajstić information content (AvgIpc) is 3.00. The van der Waals surface area contributed by atoms with Gasteiger partial charge in [-0.2, -0.15) is 8.78 Å². The average molecular weight is 473 g/mol. The van der Waals surface area contributed by atoms with E-state index in [0.29, 0.717) is 5.56 Å². The second kappa shape index (κ2) is 11.0. The van der Waals surface area contributed by atoms with Crippen LogP contribution in [0.25, 0.3) is 0 Å². The molecule has 0 bridgehead atoms. The van der Waals surface area contributed by atoms with Gasteiger partial charge in [0.1, 0.15) is 15.6 Å². The molecule has 2 N–H and O–H groups in total. The zero-order valence-corrected chi connectivity index (χ0v) is 19.0. The standard InChI is InChI=1S/C20H22F2N2O5S2/c1-5-27-17(25)14-11(4)15(18(26)28-6-2)31-16(14)24-20(30)23-12-8-7-10(3)9-13(12)29-19(21)22/h7-9,19H,5-6H2,1-4H3,(H2,23,24,30). The van der Waals surface area contributed by atoms with Crippen LogP contribution in [0.4, 0.5) is 19.5 Å². The first kappa shape index (κ1) is 24.5. The van der Waals surface area contributed by atoms with Gasteiger partial charge in [-0.3, -0.25) is 0 Å². The second-order valence-corrected chi connectivity index (χ2v) is 7.59. The van der Waals surface area contributed by atoms with Gasteiger partial charge in [0, 0.05) is 0 Å². The number of thiocarbonyl (C=S) groups is 1. The van der Waals surface area contributed by atoms with Gasteiger partial charge in [-0.15, -0.1) is 11.3 Å². The van der Waals surface area contributed by atoms with Crippen molar-refractivity contribution in [1.29, 1.82) is 0 Å². The van der Waals surface area contributed by atoms with E-state index in [4.69, 9.17) is 21.7 Å². The molecule has 0 amide bonds. The lowest BCUT2D eigenvalue weighted by Gasteiger charge is -2.15. The maximum absolute atomic E-state index is 12.7. The molecule has 0 radical (unpaired) electrons. The summed E-state index contributed by atoms with van der Waals surface area (Å²) in [5, 5.41) is 5.88. The zero-order chi connectivity index (χ0) is 23.1. The van der Waals surface area contributed by atoms with Crippen molar-refractivity contribution in [3.05, 3.63) is 39.8 Å². The number of aryl methyl sites for hydroxylation is 1. The first-order valence-corrected chi connectivity index (χ1v) is 10.5. The minimum absolute atomic E-state index is 0.00479. The summed E-state index contributed by atoms with van der Waals surface area (Å²) in [6.45, 7) is 3.97. The summed E-state index contributed by atoms with van der Waals surface area (Å²) < 4.78 is 40.1. The summed E-state index contributed by atoms with van der Waals surface area (Å²) in [4.78, 5) is 24.9. The maximum atomic E-state index is 12.7. The molecule has 0 saturated heterocycles. The van der Waals surface area contributed by atoms with Crippen molar-refractivity contribution >= 4 is 51.3 Å². The number of nitrogens with one attached hydrogen (secondary N) is 2. The van der Waals surface area contributed by atoms with Gasteiger partial charge in [-0.1, -0.05) is 6.07 Å². The highest BCUT2D eigenvalue weighted by Gasteiger charge is 2.27. The first-order chi connectivity index (χ1) is 14.7. The molecular formula is C20H22F2N2O5S2. The number of alkyl halides is 2. The predicted octanol–water partition coefficient (Wildman–Crippen LogP) is 5.13. The molecule has 31 heavy (non-hydrogen) atoms. The van der Waals surface area contributed by atoms with Crippen LogP contribution in [0.15, 0.2) is 18.2 Å². The van der Waals surface area contributed by atoms with E-state index in [-0.39, 0.29) is 45.2 Å². The Kier molecular flexibility index (Phi) is 8.69. The van der Waals surface area contributed by atoms with Crippen molar-refractivity contribution in [2.24, 2.45) is 0 Å². The number of hydrogen-bond acceptors (Lipinski definition) is 7. The van der Waals surface area contributed by atoms with Crippen LogP contribution in [-0.4, -0.2) is 36.9 Å². The lowest BCUT2D eigenvalue weighted by molar-refractivity contribution is -0.0493. The molecule has 1 aromatic carbocycles. The fraction of sp³-hybridized carbons (Fsp3) is 0.350. The Morgan fingerprint density at radius 3 is 2.35 bits per heavy atom. The maximum Gasteiger partial charge on any atom is 0.387 e. The number of carbonyl (C=O) groups is 2. The largest absolute Gasteiger partial charge is 0.462 e. The number of anilines is 2. The number of benzene rings is 1. The molecule has 0 aliphatic rings. The molecule has 0 saturated carbocycles. The van der Waals surface area contributed by atoms with Crippen LogP contribution in [0.2, 0.25) is 0 Å². The van der Waals surface area contributed by atoms with Crippen LogP contribution in [0.5, 0.6) is 5.75 Å². The molecule has 2 aromatic rings. The number of rotatable bonds is 8. The minimum Gasteiger partial charge on any atom is -0.462 e. The van der Waals surface area contributed by atoms with Crippen LogP contribution >= 0.6 is 23.6 Å². The highest BCUT2D eigenvalue weighted by atomic mass is 32.1. The molecule has 0 fully saturated rings. The van der Waals surface area contributed by atoms with Crippen LogP contribution in [-0.2, 0) is 9.47 Å². The van der Waals surface area contributed by atoms with E-state index in [1.54, 1.807) is 33.8 Å². The molecule has 0 spiro atoms. The number of esters is 2. The van der Waals surface area contributed by atoms with E-state index in [1.807, 2.05) is 0 Å². The fourth-order valence-electron chi connectivity index (χ4n) is 2.62. The second-order valence-electron chi connectivity index (χ2n) is 6.16. The minimum atomic E-state index is -3.01. The summed E-state index contributed by atoms with van der Waals surface area (Å²) >= 11 is 6.26. The Morgan fingerprint density at radius 2 is 1.74 bits per heavy atom. The van der Waals surface area contributed by atoms with Gasteiger partial charge in [0.15, 0.2) is 5.11 Å². The molecule has 0 atom stereocenters. The summed E-state index contributed by atoms with van der Waals surface area (Å²) in [6.07, 6.45) is 0. The van der Waals surface area contributed by atoms with Gasteiger partial charge >= 0.3 is 18.6 Å². The third-order valence-corrected chi connectivity index (χ3v) is 5.31. The van der Waals surface area contributed by atoms with Crippen LogP contribution in [0.1, 0.15) is 45.0 Å². The topological polar surface area (TPSA) is 85.9 Å². The van der Waals surface area contributed by atoms with Crippen LogP contribution in [0, 0.1) is 13.8 Å². The molecular weight excluding hydrogens is 450 g/mol. The van der Waals surface area contributed by atoms with Gasteiger partial charge in [-0.25, -0.2) is 9.59 Å². The number of thiophene rings is 1. The zero-order valence-electron chi connectivity index (χ0n) is 17.3. The van der Waals surface area contributed by atoms with Crippen molar-refractivity contribution in [3.63, 3.8) is 0 Å². The van der Waals surface area contributed by atoms with E-state index in [9.17, 15) is 18.4 Å². The van der Waals surface area contributed by atoms with Crippen LogP contribution < -0.4 is 15.4 Å². The first-order valence-electron chi connectivity index (χ1n) is 9.28. The van der Waals surface area contributed by atoms with Gasteiger partial charge < -0.3 is 24.8 Å². The molecule has 2 rings (SSSR count). The molecule has 168 valence electrons. The van der Waals surface area contributed by atoms with E-state index >= 15 is 0 Å². The summed E-state index contributed by atoms with van der Waals surface area (Å²) in [7, 11) is 0. The lowest BCUT2D eigenvalue weighted by Crippen LogP contribution is -2.21. The van der Waals surface area contributed by atoms with Crippen molar-refractivity contribution in [2.75, 3.05) is 23.8 Å². The predicted molar refractivity (Wildman–Crippen MR) is 119 cm³/mol. The monoisotopic (exact) mass is 472 g/mol. The molecule has 0 aliphatic carbocycles. The smallest absolute Gasteiger partial charge is 0.387 e. The van der Waals surface area contributed by atoms with Crippen molar-refractivity contribution in [2.45, 2.75) is 34.3 Å². The highest BCUT2D eigenvalue weighted by molar-refractivity contribution is 7.80. The fourth-order valence-corrected chi connectivity index (χ4v) is 3.99. The molecule has 0 unspecified atom stereocenters. The Balaban J connectivity index is 2.33. The van der Waals surface area contributed by atoms with Gasteiger partial charge in [0.25, 0.3) is 0 Å². The molecule has 1 heterocycles. The van der Waals surface area contributed by atoms with E-state index in [0.717, 1.165) is 16.9 Å². The Bertz CT molecular complexity index is 979. The van der Waals surface area contributed by atoms with E-state index < -0.39 is 18.6 Å². The summed E-state index contributed by atoms with van der Waals surface area (Å²) in [5.74, 6) is -1.29. The van der Waals surface area contributed by atoms with Crippen molar-refractivity contribution in [3.8, 4) is 5.75 Å². The normalized spacial score (nSPS) is 10.5. The third kappa shape index (κ3) is 6.34. The Hall–Kier alpha value is -2.79. The van der Waals surface area contributed by atoms with Crippen molar-refractivity contribution in [1.82, 2.24) is 0 Å². The third-order valence-electron chi connectivity index (χ3n) is 3.92. The SMILES string of the molecule is CCOC(=O)c1sc(NC(=S)Nc2ccc(C)cc2OC(F)F)c(C(=O)OCC)c1C. The van der Waals surface area contributed by atoms with Crippen LogP contribution in [0.3, 0.4) is 0 Å². The van der Waals surface area contributed by atoms with E-state index in [2.05, 4.69) is 15.4 Å². The van der Waals surface area contributed by atoms with Gasteiger partial charge in [0.2, 0.25) is 0 Å². The highest BCUT2D eigenvalue weighted by Crippen LogP contribution is 2.35. The Labute approximate surface area is 187 Å². The van der Waals surface area contributed by atoms with Crippen molar-refractivity contribution < 1.29 is 32.6 Å². The number of ether oxygens (including phenoxy) is 3. The number of carbonyl (C=O) groups excluding carboxylic acids is 2. The molecule has 7 nitrogen and oxygen atoms in total. The molecule has 0 aliphatic heterocycles.